The molecule has 3 atom stereocenters. The number of benzene rings is 2. The third kappa shape index (κ3) is 6.20. The van der Waals surface area contributed by atoms with Crippen molar-refractivity contribution in [1.29, 1.82) is 0 Å². The van der Waals surface area contributed by atoms with Crippen LogP contribution in [-0.4, -0.2) is 73.0 Å². The summed E-state index contributed by atoms with van der Waals surface area (Å²) < 4.78 is 4.74. The van der Waals surface area contributed by atoms with E-state index in [1.165, 1.54) is 13.5 Å². The van der Waals surface area contributed by atoms with E-state index in [0.717, 1.165) is 76.4 Å². The fourth-order valence-electron chi connectivity index (χ4n) is 6.56. The lowest BCUT2D eigenvalue weighted by atomic mass is 10.0. The number of hydrogen-bond donors (Lipinski definition) is 4. The van der Waals surface area contributed by atoms with E-state index in [1.54, 1.807) is 6.20 Å². The summed E-state index contributed by atoms with van der Waals surface area (Å²) in [5.41, 5.74) is 6.67. The molecule has 0 saturated carbocycles. The molecule has 4 N–H and O–H groups in total. The number of amides is 2. The lowest BCUT2D eigenvalue weighted by molar-refractivity contribution is -0.135. The van der Waals surface area contributed by atoms with Gasteiger partial charge in [0.15, 0.2) is 5.82 Å². The van der Waals surface area contributed by atoms with Crippen molar-refractivity contribution < 1.29 is 14.3 Å². The van der Waals surface area contributed by atoms with Crippen LogP contribution >= 0.6 is 0 Å². The predicted molar refractivity (Wildman–Crippen MR) is 178 cm³/mol. The molecule has 0 unspecified atom stereocenters. The number of hydrogen-bond acceptors (Lipinski definition) is 8. The van der Waals surface area contributed by atoms with Gasteiger partial charge in [0.1, 0.15) is 17.7 Å². The van der Waals surface area contributed by atoms with Gasteiger partial charge >= 0.3 is 6.09 Å². The monoisotopic (exact) mass is 633 g/mol. The zero-order chi connectivity index (χ0) is 32.5. The molecule has 0 spiro atoms. The van der Waals surface area contributed by atoms with Crippen LogP contribution in [0.15, 0.2) is 61.1 Å². The van der Waals surface area contributed by atoms with Crippen molar-refractivity contribution in [1.82, 2.24) is 45.4 Å². The lowest BCUT2D eigenvalue weighted by Gasteiger charge is -2.30. The quantitative estimate of drug-likeness (QED) is 0.174. The molecule has 47 heavy (non-hydrogen) atoms. The van der Waals surface area contributed by atoms with Crippen LogP contribution in [0, 0.1) is 5.92 Å². The molecule has 0 aliphatic carbocycles. The Morgan fingerprint density at radius 3 is 2.38 bits per heavy atom. The molecule has 12 heteroatoms. The van der Waals surface area contributed by atoms with E-state index in [2.05, 4.69) is 47.7 Å². The van der Waals surface area contributed by atoms with Gasteiger partial charge < -0.3 is 30.2 Å². The van der Waals surface area contributed by atoms with Crippen molar-refractivity contribution in [3.8, 4) is 33.8 Å². The summed E-state index contributed by atoms with van der Waals surface area (Å²) in [6.45, 7) is 5.45. The second kappa shape index (κ2) is 13.0. The molecule has 0 bridgehead atoms. The number of aromatic nitrogens is 6. The Morgan fingerprint density at radius 2 is 1.66 bits per heavy atom. The molecule has 2 aliphatic rings. The number of carbonyl (C=O) groups is 2. The first-order valence-corrected chi connectivity index (χ1v) is 16.2. The number of aromatic amines is 2. The van der Waals surface area contributed by atoms with Crippen LogP contribution in [0.2, 0.25) is 0 Å². The van der Waals surface area contributed by atoms with Gasteiger partial charge in [0, 0.05) is 30.1 Å². The standard InChI is InChI=1S/C35H39N9O3/c1-20(2)30(43-35(46)47-3)34(45)44-15-5-7-29(44)33-39-19-28(42-33)21-8-10-22(11-9-21)31-37-17-24(18-38-31)23-12-13-25-27(16-23)41-32(40-25)26-6-4-14-36-26/h8-13,16-20,26,29-30,36H,4-7,14-15H2,1-3H3,(H,39,42)(H,40,41)(H,43,46)/t26-,29-,30-/m0/s1. The topological polar surface area (TPSA) is 154 Å². The summed E-state index contributed by atoms with van der Waals surface area (Å²) in [6.07, 6.45) is 8.82. The highest BCUT2D eigenvalue weighted by Gasteiger charge is 2.37. The van der Waals surface area contributed by atoms with Crippen LogP contribution in [-0.2, 0) is 9.53 Å². The van der Waals surface area contributed by atoms with Gasteiger partial charge in [-0.25, -0.2) is 24.7 Å². The van der Waals surface area contributed by atoms with E-state index in [-0.39, 0.29) is 17.9 Å². The number of fused-ring (bicyclic) bond motifs is 1. The summed E-state index contributed by atoms with van der Waals surface area (Å²) in [7, 11) is 1.29. The summed E-state index contributed by atoms with van der Waals surface area (Å²) >= 11 is 0. The van der Waals surface area contributed by atoms with Crippen molar-refractivity contribution in [2.45, 2.75) is 57.7 Å². The van der Waals surface area contributed by atoms with E-state index in [9.17, 15) is 9.59 Å². The Hall–Kier alpha value is -5.10. The fraction of sp³-hybridized carbons (Fsp3) is 0.371. The number of rotatable bonds is 8. The van der Waals surface area contributed by atoms with E-state index in [0.29, 0.717) is 18.4 Å². The molecule has 5 heterocycles. The first kappa shape index (κ1) is 30.5. The van der Waals surface area contributed by atoms with Crippen molar-refractivity contribution in [3.05, 3.63) is 72.7 Å². The average Bonchev–Trinajstić information content (AvgIpc) is 3.93. The maximum atomic E-state index is 13.5. The Morgan fingerprint density at radius 1 is 0.894 bits per heavy atom. The van der Waals surface area contributed by atoms with Crippen molar-refractivity contribution in [3.63, 3.8) is 0 Å². The van der Waals surface area contributed by atoms with Gasteiger partial charge in [0.25, 0.3) is 0 Å². The molecule has 2 fully saturated rings. The van der Waals surface area contributed by atoms with Gasteiger partial charge in [0.2, 0.25) is 5.91 Å². The van der Waals surface area contributed by atoms with Crippen molar-refractivity contribution in [2.75, 3.05) is 20.2 Å². The second-order valence-electron chi connectivity index (χ2n) is 12.6. The largest absolute Gasteiger partial charge is 0.453 e. The highest BCUT2D eigenvalue weighted by atomic mass is 16.5. The summed E-state index contributed by atoms with van der Waals surface area (Å²) in [5.74, 6) is 2.15. The SMILES string of the molecule is COC(=O)N[C@H](C(=O)N1CCC[C@H]1c1ncc(-c2ccc(-c3ncc(-c4ccc5nc([C@@H]6CCCN6)[nH]c5c4)cn3)cc2)[nH]1)C(C)C. The Labute approximate surface area is 272 Å². The summed E-state index contributed by atoms with van der Waals surface area (Å²) in [5, 5.41) is 6.19. The van der Waals surface area contributed by atoms with Gasteiger partial charge in [-0.05, 0) is 61.4 Å². The second-order valence-corrected chi connectivity index (χ2v) is 12.6. The number of alkyl carbamates (subject to hydrolysis) is 1. The molecule has 2 aliphatic heterocycles. The highest BCUT2D eigenvalue weighted by Crippen LogP contribution is 2.33. The average molecular weight is 634 g/mol. The number of nitrogens with one attached hydrogen (secondary N) is 4. The number of methoxy groups -OCH3 is 1. The van der Waals surface area contributed by atoms with Gasteiger partial charge in [-0.3, -0.25) is 4.79 Å². The van der Waals surface area contributed by atoms with Gasteiger partial charge in [-0.1, -0.05) is 44.2 Å². The zero-order valence-electron chi connectivity index (χ0n) is 26.8. The number of nitrogens with zero attached hydrogens (tertiary/aromatic N) is 5. The third-order valence-electron chi connectivity index (χ3n) is 9.17. The number of H-pyrrole nitrogens is 2. The first-order chi connectivity index (χ1) is 22.9. The van der Waals surface area contributed by atoms with Gasteiger partial charge in [-0.15, -0.1) is 0 Å². The fourth-order valence-corrected chi connectivity index (χ4v) is 6.56. The molecule has 2 saturated heterocycles. The maximum Gasteiger partial charge on any atom is 0.407 e. The van der Waals surface area contributed by atoms with Crippen LogP contribution in [0.1, 0.15) is 63.3 Å². The predicted octanol–water partition coefficient (Wildman–Crippen LogP) is 5.55. The Bertz CT molecular complexity index is 1870. The number of ether oxygens (including phenoxy) is 1. The number of likely N-dealkylation sites (tertiary alicyclic amines) is 1. The van der Waals surface area contributed by atoms with E-state index in [1.807, 2.05) is 61.5 Å². The zero-order valence-corrected chi connectivity index (χ0v) is 26.8. The van der Waals surface area contributed by atoms with Crippen molar-refractivity contribution in [2.24, 2.45) is 5.92 Å². The van der Waals surface area contributed by atoms with Crippen LogP contribution in [0.25, 0.3) is 44.8 Å². The number of carbonyl (C=O) groups excluding carboxylic acids is 2. The molecule has 0 radical (unpaired) electrons. The smallest absolute Gasteiger partial charge is 0.407 e. The van der Waals surface area contributed by atoms with E-state index in [4.69, 9.17) is 9.72 Å². The van der Waals surface area contributed by atoms with E-state index < -0.39 is 12.1 Å². The van der Waals surface area contributed by atoms with Crippen LogP contribution < -0.4 is 10.6 Å². The Kier molecular flexibility index (Phi) is 8.42. The molecule has 2 amide bonds. The minimum Gasteiger partial charge on any atom is -0.453 e. The molecule has 12 nitrogen and oxygen atoms in total. The van der Waals surface area contributed by atoms with Gasteiger partial charge in [0.05, 0.1) is 42.1 Å². The van der Waals surface area contributed by atoms with E-state index >= 15 is 0 Å². The minimum atomic E-state index is -0.673. The highest BCUT2D eigenvalue weighted by molar-refractivity contribution is 5.86. The van der Waals surface area contributed by atoms with Crippen LogP contribution in [0.3, 0.4) is 0 Å². The van der Waals surface area contributed by atoms with Gasteiger partial charge in [-0.2, -0.15) is 0 Å². The first-order valence-electron chi connectivity index (χ1n) is 16.2. The normalized spacial score (nSPS) is 18.6. The lowest BCUT2D eigenvalue weighted by Crippen LogP contribution is -2.51. The molecule has 7 rings (SSSR count). The molecule has 2 aromatic carbocycles. The number of imidazole rings is 2. The molecule has 3 aromatic heterocycles. The third-order valence-corrected chi connectivity index (χ3v) is 9.17. The Balaban J connectivity index is 1.03. The summed E-state index contributed by atoms with van der Waals surface area (Å²) in [4.78, 5) is 52.9. The van der Waals surface area contributed by atoms with Crippen molar-refractivity contribution >= 4 is 23.0 Å². The maximum absolute atomic E-state index is 13.5. The van der Waals surface area contributed by atoms with Crippen LogP contribution in [0.5, 0.6) is 0 Å². The molecule has 242 valence electrons. The molecular weight excluding hydrogens is 594 g/mol. The minimum absolute atomic E-state index is 0.0902. The molecular formula is C35H39N9O3. The summed E-state index contributed by atoms with van der Waals surface area (Å²) in [6, 6.07) is 13.7. The van der Waals surface area contributed by atoms with Crippen LogP contribution in [0.4, 0.5) is 4.79 Å². The molecule has 5 aromatic rings.